The van der Waals surface area contributed by atoms with Gasteiger partial charge in [0.05, 0.1) is 18.4 Å². The lowest BCUT2D eigenvalue weighted by atomic mass is 9.71. The maximum atomic E-state index is 13.9. The van der Waals surface area contributed by atoms with E-state index >= 15 is 0 Å². The molecule has 1 amide bonds. The van der Waals surface area contributed by atoms with E-state index in [1.165, 1.54) is 12.4 Å². The highest BCUT2D eigenvalue weighted by Gasteiger charge is 2.34. The fraction of sp³-hybridized carbons (Fsp3) is 0.409. The van der Waals surface area contributed by atoms with Crippen molar-refractivity contribution < 1.29 is 26.9 Å². The Morgan fingerprint density at radius 1 is 1.22 bits per heavy atom. The van der Waals surface area contributed by atoms with Crippen LogP contribution in [0.25, 0.3) is 0 Å². The summed E-state index contributed by atoms with van der Waals surface area (Å²) in [6.45, 7) is 5.98. The van der Waals surface area contributed by atoms with Crippen molar-refractivity contribution in [2.75, 3.05) is 5.32 Å². The summed E-state index contributed by atoms with van der Waals surface area (Å²) in [4.78, 5) is 12.8. The normalized spacial score (nSPS) is 16.2. The minimum absolute atomic E-state index is 0.0776. The minimum Gasteiger partial charge on any atom is -0.360 e. The van der Waals surface area contributed by atoms with Gasteiger partial charge in [-0.25, -0.2) is 17.6 Å². The van der Waals surface area contributed by atoms with Crippen molar-refractivity contribution in [3.8, 4) is 0 Å². The summed E-state index contributed by atoms with van der Waals surface area (Å²) < 4.78 is 60.8. The zero-order chi connectivity index (χ0) is 23.2. The van der Waals surface area contributed by atoms with E-state index in [9.17, 15) is 22.4 Å². The van der Waals surface area contributed by atoms with Crippen LogP contribution in [0.5, 0.6) is 0 Å². The number of halogens is 4. The van der Waals surface area contributed by atoms with Crippen LogP contribution < -0.4 is 5.32 Å². The number of nitrogens with one attached hydrogen (secondary N) is 1. The maximum absolute atomic E-state index is 13.9. The molecule has 3 aromatic rings. The highest BCUT2D eigenvalue weighted by atomic mass is 19.2. The van der Waals surface area contributed by atoms with E-state index in [-0.39, 0.29) is 22.9 Å². The summed E-state index contributed by atoms with van der Waals surface area (Å²) >= 11 is 0. The SMILES string of the molecule is CC(C)(C)C1CCc2onc(C(=O)Nc3cnn(Cc4c(F)cc(F)c(F)c4F)c3)c2C1. The van der Waals surface area contributed by atoms with Crippen LogP contribution in [0.15, 0.2) is 23.0 Å². The van der Waals surface area contributed by atoms with Gasteiger partial charge in [-0.15, -0.1) is 0 Å². The van der Waals surface area contributed by atoms with Gasteiger partial charge in [0.15, 0.2) is 23.1 Å². The number of hydrogen-bond donors (Lipinski definition) is 1. The maximum Gasteiger partial charge on any atom is 0.278 e. The molecule has 1 aromatic carbocycles. The van der Waals surface area contributed by atoms with Gasteiger partial charge in [0.2, 0.25) is 0 Å². The Morgan fingerprint density at radius 2 is 1.97 bits per heavy atom. The van der Waals surface area contributed by atoms with E-state index < -0.39 is 41.3 Å². The Hall–Kier alpha value is -3.17. The van der Waals surface area contributed by atoms with Gasteiger partial charge < -0.3 is 9.84 Å². The topological polar surface area (TPSA) is 73.0 Å². The van der Waals surface area contributed by atoms with E-state index in [1.807, 2.05) is 0 Å². The van der Waals surface area contributed by atoms with Crippen LogP contribution >= 0.6 is 0 Å². The van der Waals surface area contributed by atoms with Crippen LogP contribution in [0.2, 0.25) is 0 Å². The van der Waals surface area contributed by atoms with Gasteiger partial charge in [-0.2, -0.15) is 5.10 Å². The standard InChI is InChI=1S/C22H22F4N4O2/c1-22(2,3)11-4-5-17-13(6-11)20(29-32-17)21(31)28-12-8-27-30(9-12)10-14-15(23)7-16(24)19(26)18(14)25/h7-9,11H,4-6,10H2,1-3H3,(H,28,31). The van der Waals surface area contributed by atoms with Crippen LogP contribution in [-0.2, 0) is 19.4 Å². The number of fused-ring (bicyclic) bond motifs is 1. The van der Waals surface area contributed by atoms with Gasteiger partial charge in [-0.1, -0.05) is 25.9 Å². The Balaban J connectivity index is 1.49. The highest BCUT2D eigenvalue weighted by Crippen LogP contribution is 2.38. The number of anilines is 1. The van der Waals surface area contributed by atoms with Crippen molar-refractivity contribution in [2.24, 2.45) is 11.3 Å². The van der Waals surface area contributed by atoms with Crippen molar-refractivity contribution in [2.45, 2.75) is 46.6 Å². The first-order valence-electron chi connectivity index (χ1n) is 10.2. The predicted molar refractivity (Wildman–Crippen MR) is 107 cm³/mol. The largest absolute Gasteiger partial charge is 0.360 e. The monoisotopic (exact) mass is 450 g/mol. The minimum atomic E-state index is -1.76. The van der Waals surface area contributed by atoms with Crippen LogP contribution in [0.1, 0.15) is 54.6 Å². The molecule has 1 aliphatic rings. The second kappa shape index (κ2) is 8.07. The number of hydrogen-bond acceptors (Lipinski definition) is 4. The van der Waals surface area contributed by atoms with E-state index in [2.05, 4.69) is 36.3 Å². The molecule has 1 aliphatic carbocycles. The molecule has 10 heteroatoms. The number of aryl methyl sites for hydroxylation is 1. The fourth-order valence-electron chi connectivity index (χ4n) is 3.94. The average Bonchev–Trinajstić information content (AvgIpc) is 3.35. The third-order valence-corrected chi connectivity index (χ3v) is 5.90. The Kier molecular flexibility index (Phi) is 5.56. The van der Waals surface area contributed by atoms with E-state index in [0.717, 1.165) is 16.7 Å². The summed E-state index contributed by atoms with van der Waals surface area (Å²) in [7, 11) is 0. The number of carbonyl (C=O) groups excluding carboxylic acids is 1. The number of aromatic nitrogens is 3. The molecule has 0 fully saturated rings. The van der Waals surface area contributed by atoms with E-state index in [1.54, 1.807) is 0 Å². The smallest absolute Gasteiger partial charge is 0.278 e. The van der Waals surface area contributed by atoms with Crippen molar-refractivity contribution in [3.63, 3.8) is 0 Å². The Bertz CT molecular complexity index is 1180. The third-order valence-electron chi connectivity index (χ3n) is 5.90. The van der Waals surface area contributed by atoms with Gasteiger partial charge in [0.1, 0.15) is 11.6 Å². The molecule has 32 heavy (non-hydrogen) atoms. The number of amides is 1. The van der Waals surface area contributed by atoms with E-state index in [4.69, 9.17) is 4.52 Å². The van der Waals surface area contributed by atoms with Gasteiger partial charge in [-0.3, -0.25) is 9.48 Å². The summed E-state index contributed by atoms with van der Waals surface area (Å²) in [5, 5.41) is 10.5. The first kappa shape index (κ1) is 22.0. The fourth-order valence-corrected chi connectivity index (χ4v) is 3.94. The second-order valence-corrected chi connectivity index (χ2v) is 9.07. The molecular formula is C22H22F4N4O2. The van der Waals surface area contributed by atoms with Crippen LogP contribution in [0.3, 0.4) is 0 Å². The predicted octanol–water partition coefficient (Wildman–Crippen LogP) is 4.88. The molecule has 0 saturated carbocycles. The molecule has 0 radical (unpaired) electrons. The molecule has 4 rings (SSSR count). The number of nitrogens with zero attached hydrogens (tertiary/aromatic N) is 3. The first-order chi connectivity index (χ1) is 15.0. The molecule has 2 heterocycles. The second-order valence-electron chi connectivity index (χ2n) is 9.07. The molecule has 0 saturated heterocycles. The molecular weight excluding hydrogens is 428 g/mol. The van der Waals surface area contributed by atoms with Gasteiger partial charge >= 0.3 is 0 Å². The zero-order valence-corrected chi connectivity index (χ0v) is 17.8. The quantitative estimate of drug-likeness (QED) is 0.349. The molecule has 1 atom stereocenters. The van der Waals surface area contributed by atoms with Gasteiger partial charge in [0, 0.05) is 29.8 Å². The number of carbonyl (C=O) groups is 1. The van der Waals surface area contributed by atoms with E-state index in [0.29, 0.717) is 24.5 Å². The number of rotatable bonds is 4. The lowest BCUT2D eigenvalue weighted by molar-refractivity contribution is 0.101. The highest BCUT2D eigenvalue weighted by molar-refractivity contribution is 6.03. The Morgan fingerprint density at radius 3 is 2.69 bits per heavy atom. The molecule has 1 N–H and O–H groups in total. The summed E-state index contributed by atoms with van der Waals surface area (Å²) in [5.41, 5.74) is 0.627. The van der Waals surface area contributed by atoms with Crippen molar-refractivity contribution in [3.05, 3.63) is 64.3 Å². The summed E-state index contributed by atoms with van der Waals surface area (Å²) in [6, 6.07) is 0.276. The van der Waals surface area contributed by atoms with Crippen molar-refractivity contribution >= 4 is 11.6 Å². The first-order valence-corrected chi connectivity index (χ1v) is 10.2. The molecule has 2 aromatic heterocycles. The molecule has 0 spiro atoms. The lowest BCUT2D eigenvalue weighted by Crippen LogP contribution is -2.27. The number of benzene rings is 1. The van der Waals surface area contributed by atoms with Gasteiger partial charge in [-0.05, 0) is 24.2 Å². The molecule has 6 nitrogen and oxygen atoms in total. The van der Waals surface area contributed by atoms with Gasteiger partial charge in [0.25, 0.3) is 5.91 Å². The Labute approximate surface area is 181 Å². The molecule has 170 valence electrons. The lowest BCUT2D eigenvalue weighted by Gasteiger charge is -2.33. The van der Waals surface area contributed by atoms with Crippen LogP contribution in [0, 0.1) is 34.6 Å². The zero-order valence-electron chi connectivity index (χ0n) is 17.8. The molecule has 0 bridgehead atoms. The summed E-state index contributed by atoms with van der Waals surface area (Å²) in [5.74, 6) is -5.63. The average molecular weight is 450 g/mol. The van der Waals surface area contributed by atoms with Crippen molar-refractivity contribution in [1.82, 2.24) is 14.9 Å². The van der Waals surface area contributed by atoms with Crippen LogP contribution in [0.4, 0.5) is 23.2 Å². The summed E-state index contributed by atoms with van der Waals surface area (Å²) in [6.07, 6.45) is 4.94. The van der Waals surface area contributed by atoms with Crippen molar-refractivity contribution in [1.29, 1.82) is 0 Å². The van der Waals surface area contributed by atoms with Crippen LogP contribution in [-0.4, -0.2) is 20.8 Å². The molecule has 1 unspecified atom stereocenters. The molecule has 0 aliphatic heterocycles. The third kappa shape index (κ3) is 4.13.